The van der Waals surface area contributed by atoms with Crippen molar-refractivity contribution in [3.63, 3.8) is 0 Å². The van der Waals surface area contributed by atoms with Crippen LogP contribution in [0.1, 0.15) is 12.5 Å². The van der Waals surface area contributed by atoms with Gasteiger partial charge in [0.25, 0.3) is 11.8 Å². The molecule has 0 saturated heterocycles. The van der Waals surface area contributed by atoms with Gasteiger partial charge in [0, 0.05) is 23.2 Å². The molecule has 0 atom stereocenters. The number of hydrogen-bond donors (Lipinski definition) is 1. The first-order valence-electron chi connectivity index (χ1n) is 7.41. The van der Waals surface area contributed by atoms with Gasteiger partial charge >= 0.3 is 0 Å². The van der Waals surface area contributed by atoms with Crippen LogP contribution in [-0.4, -0.2) is 17.7 Å². The molecule has 1 N–H and O–H groups in total. The predicted octanol–water partition coefficient (Wildman–Crippen LogP) is 4.48. The van der Waals surface area contributed by atoms with E-state index in [1.165, 1.54) is 31.2 Å². The number of hydrogen-bond acceptors (Lipinski definition) is 3. The van der Waals surface area contributed by atoms with Gasteiger partial charge in [-0.1, -0.05) is 40.9 Å². The molecule has 26 heavy (non-hydrogen) atoms. The van der Waals surface area contributed by atoms with E-state index >= 15 is 0 Å². The summed E-state index contributed by atoms with van der Waals surface area (Å²) in [7, 11) is 0. The van der Waals surface area contributed by atoms with E-state index in [0.717, 1.165) is 4.90 Å². The molecule has 0 aliphatic carbocycles. The molecule has 1 heterocycles. The summed E-state index contributed by atoms with van der Waals surface area (Å²) in [4.78, 5) is 37.4. The molecule has 0 saturated carbocycles. The number of rotatable bonds is 3. The van der Waals surface area contributed by atoms with Gasteiger partial charge in [0.2, 0.25) is 5.91 Å². The van der Waals surface area contributed by atoms with Crippen molar-refractivity contribution in [2.75, 3.05) is 10.2 Å². The van der Waals surface area contributed by atoms with Crippen LogP contribution >= 0.6 is 34.8 Å². The van der Waals surface area contributed by atoms with Crippen molar-refractivity contribution in [1.82, 2.24) is 0 Å². The molecule has 0 fully saturated rings. The number of nitrogens with one attached hydrogen (secondary N) is 1. The maximum absolute atomic E-state index is 12.8. The number of nitrogens with zero attached hydrogens (tertiary/aromatic N) is 1. The average molecular weight is 410 g/mol. The van der Waals surface area contributed by atoms with Gasteiger partial charge in [0.05, 0.1) is 16.3 Å². The van der Waals surface area contributed by atoms with Gasteiger partial charge in [-0.2, -0.15) is 0 Å². The summed E-state index contributed by atoms with van der Waals surface area (Å²) in [5.41, 5.74) is 1.22. The standard InChI is InChI=1S/C18H11Cl3N2O3/c1-9(24)22-11-3-5-12(6-4-11)23-17(25)15(16(21)18(23)26)13-7-2-10(19)8-14(13)20/h2-8H,1H3,(H,22,24). The summed E-state index contributed by atoms with van der Waals surface area (Å²) in [6.07, 6.45) is 0. The van der Waals surface area contributed by atoms with Gasteiger partial charge in [-0.05, 0) is 36.4 Å². The first-order chi connectivity index (χ1) is 12.3. The highest BCUT2D eigenvalue weighted by molar-refractivity contribution is 6.60. The monoisotopic (exact) mass is 408 g/mol. The first-order valence-corrected chi connectivity index (χ1v) is 8.54. The van der Waals surface area contributed by atoms with Crippen molar-refractivity contribution >= 4 is 69.5 Å². The highest BCUT2D eigenvalue weighted by Gasteiger charge is 2.39. The average Bonchev–Trinajstić information content (AvgIpc) is 2.78. The van der Waals surface area contributed by atoms with E-state index in [1.54, 1.807) is 18.2 Å². The molecule has 0 bridgehead atoms. The highest BCUT2D eigenvalue weighted by Crippen LogP contribution is 2.38. The highest BCUT2D eigenvalue weighted by atomic mass is 35.5. The molecule has 0 unspecified atom stereocenters. The van der Waals surface area contributed by atoms with E-state index in [9.17, 15) is 14.4 Å². The topological polar surface area (TPSA) is 66.5 Å². The Hall–Kier alpha value is -2.34. The van der Waals surface area contributed by atoms with Crippen molar-refractivity contribution in [1.29, 1.82) is 0 Å². The van der Waals surface area contributed by atoms with E-state index in [1.807, 2.05) is 0 Å². The molecule has 3 rings (SSSR count). The van der Waals surface area contributed by atoms with Crippen LogP contribution in [0.15, 0.2) is 47.5 Å². The fraction of sp³-hybridized carbons (Fsp3) is 0.0556. The largest absolute Gasteiger partial charge is 0.326 e. The number of benzene rings is 2. The Bertz CT molecular complexity index is 968. The minimum absolute atomic E-state index is 0.0178. The molecule has 1 aliphatic rings. The molecule has 0 radical (unpaired) electrons. The molecule has 132 valence electrons. The Balaban J connectivity index is 1.97. The van der Waals surface area contributed by atoms with Gasteiger partial charge < -0.3 is 5.32 Å². The number of imide groups is 1. The van der Waals surface area contributed by atoms with Crippen LogP contribution in [0.4, 0.5) is 11.4 Å². The molecule has 2 aromatic rings. The van der Waals surface area contributed by atoms with E-state index in [-0.39, 0.29) is 21.5 Å². The van der Waals surface area contributed by atoms with Crippen LogP contribution in [-0.2, 0) is 14.4 Å². The van der Waals surface area contributed by atoms with Crippen LogP contribution in [0, 0.1) is 0 Å². The molecule has 8 heteroatoms. The van der Waals surface area contributed by atoms with Gasteiger partial charge in [-0.15, -0.1) is 0 Å². The molecule has 3 amide bonds. The van der Waals surface area contributed by atoms with E-state index in [4.69, 9.17) is 34.8 Å². The Kier molecular flexibility index (Phi) is 5.05. The molecular weight excluding hydrogens is 399 g/mol. The van der Waals surface area contributed by atoms with E-state index < -0.39 is 11.8 Å². The number of carbonyl (C=O) groups is 3. The number of anilines is 2. The third-order valence-electron chi connectivity index (χ3n) is 3.67. The Morgan fingerprint density at radius 1 is 0.962 bits per heavy atom. The fourth-order valence-corrected chi connectivity index (χ4v) is 3.33. The molecule has 0 aromatic heterocycles. The zero-order chi connectivity index (χ0) is 19.0. The van der Waals surface area contributed by atoms with Crippen LogP contribution < -0.4 is 10.2 Å². The summed E-state index contributed by atoms with van der Waals surface area (Å²) < 4.78 is 0. The molecule has 1 aliphatic heterocycles. The second kappa shape index (κ2) is 7.11. The predicted molar refractivity (Wildman–Crippen MR) is 102 cm³/mol. The van der Waals surface area contributed by atoms with E-state index in [2.05, 4.69) is 5.32 Å². The van der Waals surface area contributed by atoms with Crippen LogP contribution in [0.25, 0.3) is 5.57 Å². The Morgan fingerprint density at radius 2 is 1.62 bits per heavy atom. The van der Waals surface area contributed by atoms with Gasteiger partial charge in [0.1, 0.15) is 5.03 Å². The molecular formula is C18H11Cl3N2O3. The van der Waals surface area contributed by atoms with Crippen molar-refractivity contribution in [3.8, 4) is 0 Å². The molecule has 2 aromatic carbocycles. The normalized spacial score (nSPS) is 14.2. The van der Waals surface area contributed by atoms with Gasteiger partial charge in [-0.3, -0.25) is 14.4 Å². The first kappa shape index (κ1) is 18.5. The van der Waals surface area contributed by atoms with Crippen molar-refractivity contribution in [3.05, 3.63) is 63.1 Å². The lowest BCUT2D eigenvalue weighted by atomic mass is 10.1. The van der Waals surface area contributed by atoms with Gasteiger partial charge in [-0.25, -0.2) is 4.90 Å². The maximum Gasteiger partial charge on any atom is 0.277 e. The number of halogens is 3. The summed E-state index contributed by atoms with van der Waals surface area (Å²) in [6.45, 7) is 1.38. The van der Waals surface area contributed by atoms with Gasteiger partial charge in [0.15, 0.2) is 0 Å². The summed E-state index contributed by atoms with van der Waals surface area (Å²) in [5, 5.41) is 3.01. The fourth-order valence-electron chi connectivity index (χ4n) is 2.56. The van der Waals surface area contributed by atoms with E-state index in [0.29, 0.717) is 22.0 Å². The van der Waals surface area contributed by atoms with Crippen LogP contribution in [0.2, 0.25) is 10.0 Å². The SMILES string of the molecule is CC(=O)Nc1ccc(N2C(=O)C(Cl)=C(c3ccc(Cl)cc3Cl)C2=O)cc1. The third-order valence-corrected chi connectivity index (χ3v) is 4.57. The minimum atomic E-state index is -0.648. The summed E-state index contributed by atoms with van der Waals surface area (Å²) in [6, 6.07) is 10.8. The second-order valence-electron chi connectivity index (χ2n) is 5.49. The maximum atomic E-state index is 12.8. The Labute approximate surface area is 164 Å². The van der Waals surface area contributed by atoms with Crippen molar-refractivity contribution < 1.29 is 14.4 Å². The summed E-state index contributed by atoms with van der Waals surface area (Å²) in [5.74, 6) is -1.46. The van der Waals surface area contributed by atoms with Crippen LogP contribution in [0.5, 0.6) is 0 Å². The minimum Gasteiger partial charge on any atom is -0.326 e. The lowest BCUT2D eigenvalue weighted by Crippen LogP contribution is -2.31. The van der Waals surface area contributed by atoms with Crippen molar-refractivity contribution in [2.45, 2.75) is 6.92 Å². The molecule has 0 spiro atoms. The zero-order valence-electron chi connectivity index (χ0n) is 13.3. The molecule has 5 nitrogen and oxygen atoms in total. The van der Waals surface area contributed by atoms with Crippen LogP contribution in [0.3, 0.4) is 0 Å². The zero-order valence-corrected chi connectivity index (χ0v) is 15.6. The third kappa shape index (κ3) is 3.33. The summed E-state index contributed by atoms with van der Waals surface area (Å²) >= 11 is 18.2. The number of carbonyl (C=O) groups excluding carboxylic acids is 3. The lowest BCUT2D eigenvalue weighted by molar-refractivity contribution is -0.120. The smallest absolute Gasteiger partial charge is 0.277 e. The number of amides is 3. The Morgan fingerprint density at radius 3 is 2.19 bits per heavy atom. The second-order valence-corrected chi connectivity index (χ2v) is 6.71. The lowest BCUT2D eigenvalue weighted by Gasteiger charge is -2.15. The quantitative estimate of drug-likeness (QED) is 0.760. The van der Waals surface area contributed by atoms with Crippen molar-refractivity contribution in [2.24, 2.45) is 0 Å².